The van der Waals surface area contributed by atoms with Crippen LogP contribution in [-0.4, -0.2) is 25.3 Å². The first kappa shape index (κ1) is 17.2. The molecule has 0 aromatic heterocycles. The lowest BCUT2D eigenvalue weighted by atomic mass is 10.1. The summed E-state index contributed by atoms with van der Waals surface area (Å²) >= 11 is 0. The van der Waals surface area contributed by atoms with Crippen molar-refractivity contribution >= 4 is 5.97 Å². The average molecular weight is 256 g/mol. The van der Waals surface area contributed by atoms with E-state index in [9.17, 15) is 4.79 Å². The van der Waals surface area contributed by atoms with Crippen molar-refractivity contribution in [3.05, 3.63) is 12.2 Å². The molecular formula is C15H28O3. The van der Waals surface area contributed by atoms with E-state index in [0.29, 0.717) is 18.3 Å². The molecule has 0 N–H and O–H groups in total. The van der Waals surface area contributed by atoms with Crippen LogP contribution in [-0.2, 0) is 14.3 Å². The Kier molecular flexibility index (Phi) is 10.8. The monoisotopic (exact) mass is 256 g/mol. The molecule has 0 aromatic carbocycles. The highest BCUT2D eigenvalue weighted by Crippen LogP contribution is 2.05. The summed E-state index contributed by atoms with van der Waals surface area (Å²) in [4.78, 5) is 11.1. The largest absolute Gasteiger partial charge is 0.462 e. The van der Waals surface area contributed by atoms with Crippen LogP contribution < -0.4 is 0 Å². The minimum atomic E-state index is -0.281. The maximum absolute atomic E-state index is 11.1. The maximum atomic E-state index is 11.1. The Morgan fingerprint density at radius 3 is 2.22 bits per heavy atom. The van der Waals surface area contributed by atoms with Crippen LogP contribution in [0.2, 0.25) is 0 Å². The van der Waals surface area contributed by atoms with E-state index in [1.165, 1.54) is 12.8 Å². The molecule has 0 aliphatic carbocycles. The van der Waals surface area contributed by atoms with Crippen molar-refractivity contribution in [1.82, 2.24) is 0 Å². The summed E-state index contributed by atoms with van der Waals surface area (Å²) in [5, 5.41) is 0. The van der Waals surface area contributed by atoms with Gasteiger partial charge in [0, 0.05) is 12.2 Å². The molecule has 0 spiro atoms. The van der Waals surface area contributed by atoms with Gasteiger partial charge in [-0.2, -0.15) is 0 Å². The molecule has 0 fully saturated rings. The van der Waals surface area contributed by atoms with E-state index >= 15 is 0 Å². The zero-order valence-corrected chi connectivity index (χ0v) is 12.2. The quantitative estimate of drug-likeness (QED) is 0.320. The molecule has 0 rings (SSSR count). The Hall–Kier alpha value is -0.830. The van der Waals surface area contributed by atoms with Crippen molar-refractivity contribution in [2.45, 2.75) is 65.4 Å². The van der Waals surface area contributed by atoms with Gasteiger partial charge < -0.3 is 9.47 Å². The molecule has 0 aromatic rings. The van der Waals surface area contributed by atoms with Gasteiger partial charge in [0.05, 0.1) is 12.7 Å². The third-order valence-corrected chi connectivity index (χ3v) is 2.85. The molecule has 0 heterocycles. The first-order valence-electron chi connectivity index (χ1n) is 7.02. The van der Waals surface area contributed by atoms with Gasteiger partial charge in [0.15, 0.2) is 0 Å². The lowest BCUT2D eigenvalue weighted by Gasteiger charge is -2.09. The number of esters is 1. The fourth-order valence-corrected chi connectivity index (χ4v) is 1.42. The van der Waals surface area contributed by atoms with Crippen LogP contribution in [0.1, 0.15) is 59.3 Å². The lowest BCUT2D eigenvalue weighted by Crippen LogP contribution is -2.07. The second-order valence-electron chi connectivity index (χ2n) is 4.77. The summed E-state index contributed by atoms with van der Waals surface area (Å²) in [5.74, 6) is -0.281. The standard InChI is InChI=1S/C15H28O3/c1-5-14(4)17-11-9-7-6-8-10-12-18-15(16)13(2)3/h14H,2,5-12H2,1,3-4H3. The Balaban J connectivity index is 3.17. The second-order valence-corrected chi connectivity index (χ2v) is 4.77. The molecule has 1 unspecified atom stereocenters. The average Bonchev–Trinajstić information content (AvgIpc) is 2.35. The molecule has 0 saturated carbocycles. The van der Waals surface area contributed by atoms with Gasteiger partial charge in [0.25, 0.3) is 0 Å². The molecule has 3 nitrogen and oxygen atoms in total. The van der Waals surface area contributed by atoms with Crippen LogP contribution in [0.5, 0.6) is 0 Å². The van der Waals surface area contributed by atoms with Crippen molar-refractivity contribution in [3.63, 3.8) is 0 Å². The summed E-state index contributed by atoms with van der Waals surface area (Å²) in [6, 6.07) is 0. The van der Waals surface area contributed by atoms with Crippen LogP contribution >= 0.6 is 0 Å². The molecule has 0 bridgehead atoms. The molecule has 3 heteroatoms. The van der Waals surface area contributed by atoms with Crippen molar-refractivity contribution in [1.29, 1.82) is 0 Å². The highest BCUT2D eigenvalue weighted by Gasteiger charge is 2.02. The lowest BCUT2D eigenvalue weighted by molar-refractivity contribution is -0.139. The summed E-state index contributed by atoms with van der Waals surface area (Å²) in [6.45, 7) is 10.8. The number of carbonyl (C=O) groups is 1. The van der Waals surface area contributed by atoms with Crippen molar-refractivity contribution in [2.75, 3.05) is 13.2 Å². The third-order valence-electron chi connectivity index (χ3n) is 2.85. The summed E-state index contributed by atoms with van der Waals surface area (Å²) < 4.78 is 10.6. The van der Waals surface area contributed by atoms with E-state index in [-0.39, 0.29) is 5.97 Å². The highest BCUT2D eigenvalue weighted by atomic mass is 16.5. The van der Waals surface area contributed by atoms with Crippen LogP contribution in [0.3, 0.4) is 0 Å². The van der Waals surface area contributed by atoms with Gasteiger partial charge in [-0.3, -0.25) is 0 Å². The van der Waals surface area contributed by atoms with E-state index in [1.54, 1.807) is 6.92 Å². The van der Waals surface area contributed by atoms with Crippen molar-refractivity contribution in [2.24, 2.45) is 0 Å². The van der Waals surface area contributed by atoms with Gasteiger partial charge in [-0.1, -0.05) is 32.8 Å². The smallest absolute Gasteiger partial charge is 0.333 e. The topological polar surface area (TPSA) is 35.5 Å². The van der Waals surface area contributed by atoms with Crippen LogP contribution in [0.15, 0.2) is 12.2 Å². The minimum absolute atomic E-state index is 0.281. The second kappa shape index (κ2) is 11.3. The normalized spacial score (nSPS) is 12.2. The number of ether oxygens (including phenoxy) is 2. The Morgan fingerprint density at radius 1 is 1.11 bits per heavy atom. The fraction of sp³-hybridized carbons (Fsp3) is 0.800. The molecule has 0 aliphatic heterocycles. The van der Waals surface area contributed by atoms with E-state index in [1.807, 2.05) is 0 Å². The Labute approximate surface area is 112 Å². The number of carbonyl (C=O) groups excluding carboxylic acids is 1. The van der Waals surface area contributed by atoms with Crippen molar-refractivity contribution in [3.8, 4) is 0 Å². The fourth-order valence-electron chi connectivity index (χ4n) is 1.42. The minimum Gasteiger partial charge on any atom is -0.462 e. The van der Waals surface area contributed by atoms with Gasteiger partial charge in [-0.05, 0) is 33.1 Å². The first-order chi connectivity index (χ1) is 8.57. The summed E-state index contributed by atoms with van der Waals surface area (Å²) in [5.41, 5.74) is 0.470. The number of rotatable bonds is 11. The summed E-state index contributed by atoms with van der Waals surface area (Å²) in [6.07, 6.45) is 6.98. The molecular weight excluding hydrogens is 228 g/mol. The van der Waals surface area contributed by atoms with E-state index in [4.69, 9.17) is 9.47 Å². The van der Waals surface area contributed by atoms with Crippen molar-refractivity contribution < 1.29 is 14.3 Å². The molecule has 106 valence electrons. The number of hydrogen-bond donors (Lipinski definition) is 0. The molecule has 0 amide bonds. The van der Waals surface area contributed by atoms with E-state index < -0.39 is 0 Å². The van der Waals surface area contributed by atoms with Gasteiger partial charge in [0.2, 0.25) is 0 Å². The SMILES string of the molecule is C=C(C)C(=O)OCCCCCCCOC(C)CC. The van der Waals surface area contributed by atoms with E-state index in [2.05, 4.69) is 20.4 Å². The molecule has 0 aliphatic rings. The zero-order valence-electron chi connectivity index (χ0n) is 12.2. The van der Waals surface area contributed by atoms with Crippen LogP contribution in [0.25, 0.3) is 0 Å². The predicted molar refractivity (Wildman–Crippen MR) is 74.6 cm³/mol. The van der Waals surface area contributed by atoms with Gasteiger partial charge in [-0.25, -0.2) is 4.79 Å². The van der Waals surface area contributed by atoms with Crippen LogP contribution in [0, 0.1) is 0 Å². The maximum Gasteiger partial charge on any atom is 0.333 e. The summed E-state index contributed by atoms with van der Waals surface area (Å²) in [7, 11) is 0. The first-order valence-corrected chi connectivity index (χ1v) is 7.02. The predicted octanol–water partition coefficient (Wildman–Crippen LogP) is 3.87. The molecule has 0 saturated heterocycles. The van der Waals surface area contributed by atoms with E-state index in [0.717, 1.165) is 32.3 Å². The Bertz CT molecular complexity index is 236. The third kappa shape index (κ3) is 10.3. The van der Waals surface area contributed by atoms with Gasteiger partial charge in [0.1, 0.15) is 0 Å². The van der Waals surface area contributed by atoms with Crippen LogP contribution in [0.4, 0.5) is 0 Å². The molecule has 18 heavy (non-hydrogen) atoms. The number of hydrogen-bond acceptors (Lipinski definition) is 3. The zero-order chi connectivity index (χ0) is 13.8. The number of unbranched alkanes of at least 4 members (excludes halogenated alkanes) is 4. The van der Waals surface area contributed by atoms with Gasteiger partial charge in [-0.15, -0.1) is 0 Å². The molecule has 1 atom stereocenters. The molecule has 0 radical (unpaired) electrons. The Morgan fingerprint density at radius 2 is 1.67 bits per heavy atom. The highest BCUT2D eigenvalue weighted by molar-refractivity contribution is 5.86. The van der Waals surface area contributed by atoms with Gasteiger partial charge >= 0.3 is 5.97 Å².